The predicted octanol–water partition coefficient (Wildman–Crippen LogP) is 3.44. The van der Waals surface area contributed by atoms with Gasteiger partial charge in [0.25, 0.3) is 11.7 Å². The van der Waals surface area contributed by atoms with E-state index in [0.29, 0.717) is 24.2 Å². The van der Waals surface area contributed by atoms with Gasteiger partial charge in [0.2, 0.25) is 0 Å². The first-order valence-corrected chi connectivity index (χ1v) is 9.55. The number of aromatic nitrogens is 1. The van der Waals surface area contributed by atoms with Crippen LogP contribution in [0.25, 0.3) is 10.9 Å². The first kappa shape index (κ1) is 22.7. The molecule has 0 spiro atoms. The molecule has 0 fully saturated rings. The Morgan fingerprint density at radius 2 is 1.67 bits per heavy atom. The number of aryl methyl sites for hydroxylation is 2. The Hall–Kier alpha value is -3.61. The lowest BCUT2D eigenvalue weighted by molar-refractivity contribution is -0.137. The minimum absolute atomic E-state index is 0.156. The second kappa shape index (κ2) is 10.2. The van der Waals surface area contributed by atoms with Gasteiger partial charge >= 0.3 is 5.97 Å². The van der Waals surface area contributed by atoms with E-state index in [-0.39, 0.29) is 22.7 Å². The molecule has 0 bridgehead atoms. The molecule has 3 aromatic rings. The topological polar surface area (TPSA) is 111 Å². The fourth-order valence-electron chi connectivity index (χ4n) is 3.30. The molecule has 7 nitrogen and oxygen atoms in total. The summed E-state index contributed by atoms with van der Waals surface area (Å²) in [7, 11) is 1.35. The van der Waals surface area contributed by atoms with Crippen LogP contribution in [0.15, 0.2) is 48.5 Å². The van der Waals surface area contributed by atoms with Gasteiger partial charge in [-0.3, -0.25) is 19.5 Å². The minimum Gasteiger partial charge on any atom is -0.469 e. The molecule has 2 aromatic carbocycles. The molecule has 0 unspecified atom stereocenters. The van der Waals surface area contributed by atoms with Crippen LogP contribution in [0.2, 0.25) is 0 Å². The number of amides is 1. The molecular formula is C23H25N2O5. The van der Waals surface area contributed by atoms with Gasteiger partial charge in [0.05, 0.1) is 23.6 Å². The van der Waals surface area contributed by atoms with Crippen LogP contribution < -0.4 is 5.73 Å². The molecule has 30 heavy (non-hydrogen) atoms. The third kappa shape index (κ3) is 5.05. The van der Waals surface area contributed by atoms with E-state index in [1.807, 2.05) is 41.8 Å². The summed E-state index contributed by atoms with van der Waals surface area (Å²) in [5, 5.41) is 12.7. The van der Waals surface area contributed by atoms with E-state index < -0.39 is 11.7 Å². The summed E-state index contributed by atoms with van der Waals surface area (Å²) in [6, 6.07) is 14.8. The van der Waals surface area contributed by atoms with E-state index in [1.54, 1.807) is 12.1 Å². The number of ketones is 1. The Bertz CT molecular complexity index is 1050. The number of nitrogens with zero attached hydrogens (tertiary/aromatic N) is 1. The second-order valence-corrected chi connectivity index (χ2v) is 6.60. The smallest absolute Gasteiger partial charge is 0.302 e. The average Bonchev–Trinajstić information content (AvgIpc) is 3.07. The maximum absolute atomic E-state index is 12.4. The molecule has 1 radical (unpaired) electrons. The maximum atomic E-state index is 12.4. The first-order valence-electron chi connectivity index (χ1n) is 9.55. The standard InChI is InChI=1S/C20H19N2O3.C3H6O2/c1-2-14-18(19(24)20(21)25)17-15(9-6-10-16(17)23)22(14)12-11-13-7-4-3-5-8-13;1-3(4)5-2/h3-10H,2,11-12H2,1H3,(H2,21,25);1-2H3. The largest absolute Gasteiger partial charge is 0.469 e. The summed E-state index contributed by atoms with van der Waals surface area (Å²) >= 11 is 0. The lowest BCUT2D eigenvalue weighted by atomic mass is 10.0. The molecule has 1 heterocycles. The van der Waals surface area contributed by atoms with Crippen LogP contribution in [0, 0.1) is 0 Å². The van der Waals surface area contributed by atoms with E-state index in [4.69, 9.17) is 5.73 Å². The van der Waals surface area contributed by atoms with Crippen molar-refractivity contribution in [2.75, 3.05) is 7.11 Å². The fraction of sp³-hybridized carbons (Fsp3) is 0.261. The van der Waals surface area contributed by atoms with Gasteiger partial charge in [-0.15, -0.1) is 0 Å². The summed E-state index contributed by atoms with van der Waals surface area (Å²) < 4.78 is 6.07. The molecule has 0 aliphatic carbocycles. The van der Waals surface area contributed by atoms with Gasteiger partial charge in [-0.05, 0) is 30.5 Å². The number of carbonyl (C=O) groups excluding carboxylic acids is 3. The van der Waals surface area contributed by atoms with Gasteiger partial charge in [-0.1, -0.05) is 43.3 Å². The number of rotatable bonds is 6. The number of hydrogen-bond acceptors (Lipinski definition) is 4. The van der Waals surface area contributed by atoms with Crippen LogP contribution >= 0.6 is 0 Å². The van der Waals surface area contributed by atoms with Crippen molar-refractivity contribution < 1.29 is 24.2 Å². The molecule has 0 aliphatic rings. The van der Waals surface area contributed by atoms with Crippen molar-refractivity contribution >= 4 is 28.6 Å². The lowest BCUT2D eigenvalue weighted by Crippen LogP contribution is -2.24. The Balaban J connectivity index is 0.000000575. The Kier molecular flexibility index (Phi) is 7.75. The monoisotopic (exact) mass is 409 g/mol. The highest BCUT2D eigenvalue weighted by molar-refractivity contribution is 6.45. The molecule has 0 saturated heterocycles. The SMILES string of the molecule is CCc1c(C(=O)C(N)=O)c2c([O])cccc2n1CCc1ccccc1.COC(C)=O. The predicted molar refractivity (Wildman–Crippen MR) is 113 cm³/mol. The summed E-state index contributed by atoms with van der Waals surface area (Å²) in [5.41, 5.74) is 7.87. The van der Waals surface area contributed by atoms with Gasteiger partial charge in [-0.2, -0.15) is 0 Å². The van der Waals surface area contributed by atoms with Crippen LogP contribution in [0.4, 0.5) is 0 Å². The van der Waals surface area contributed by atoms with Crippen molar-refractivity contribution in [3.63, 3.8) is 0 Å². The molecule has 1 amide bonds. The summed E-state index contributed by atoms with van der Waals surface area (Å²) in [4.78, 5) is 33.4. The number of methoxy groups -OCH3 is 1. The van der Waals surface area contributed by atoms with Gasteiger partial charge in [0, 0.05) is 19.2 Å². The van der Waals surface area contributed by atoms with Crippen LogP contribution in [0.3, 0.4) is 0 Å². The zero-order valence-electron chi connectivity index (χ0n) is 17.3. The number of Topliss-reactive ketones (excluding diaryl/α,β-unsaturated/α-hetero) is 1. The second-order valence-electron chi connectivity index (χ2n) is 6.60. The van der Waals surface area contributed by atoms with Gasteiger partial charge in [0.15, 0.2) is 5.75 Å². The van der Waals surface area contributed by atoms with Crippen molar-refractivity contribution in [2.24, 2.45) is 5.73 Å². The molecule has 0 atom stereocenters. The Morgan fingerprint density at radius 1 is 1.03 bits per heavy atom. The van der Waals surface area contributed by atoms with Gasteiger partial charge < -0.3 is 15.0 Å². The van der Waals surface area contributed by atoms with Crippen LogP contribution in [0.5, 0.6) is 5.75 Å². The quantitative estimate of drug-likeness (QED) is 0.382. The molecule has 2 N–H and O–H groups in total. The number of fused-ring (bicyclic) bond motifs is 1. The van der Waals surface area contributed by atoms with E-state index in [1.165, 1.54) is 20.1 Å². The molecule has 0 aliphatic heterocycles. The van der Waals surface area contributed by atoms with E-state index >= 15 is 0 Å². The lowest BCUT2D eigenvalue weighted by Gasteiger charge is -2.10. The third-order valence-electron chi connectivity index (χ3n) is 4.70. The van der Waals surface area contributed by atoms with Crippen LogP contribution in [-0.2, 0) is 38.8 Å². The summed E-state index contributed by atoms with van der Waals surface area (Å²) in [6.07, 6.45) is 1.28. The van der Waals surface area contributed by atoms with Gasteiger partial charge in [0.1, 0.15) is 0 Å². The van der Waals surface area contributed by atoms with Crippen molar-refractivity contribution in [1.82, 2.24) is 4.57 Å². The zero-order valence-corrected chi connectivity index (χ0v) is 17.3. The van der Waals surface area contributed by atoms with Gasteiger partial charge in [-0.25, -0.2) is 0 Å². The molecule has 3 rings (SSSR count). The maximum Gasteiger partial charge on any atom is 0.302 e. The molecular weight excluding hydrogens is 384 g/mol. The molecule has 0 saturated carbocycles. The Morgan fingerprint density at radius 3 is 2.20 bits per heavy atom. The number of ether oxygens (including phenoxy) is 1. The summed E-state index contributed by atoms with van der Waals surface area (Å²) in [6.45, 7) is 3.87. The summed E-state index contributed by atoms with van der Waals surface area (Å²) in [5.74, 6) is -2.36. The normalized spacial score (nSPS) is 10.2. The number of hydrogen-bond donors (Lipinski definition) is 1. The van der Waals surface area contributed by atoms with Crippen molar-refractivity contribution in [1.29, 1.82) is 0 Å². The number of benzene rings is 2. The number of nitrogens with two attached hydrogens (primary N) is 1. The molecule has 1 aromatic heterocycles. The zero-order chi connectivity index (χ0) is 22.3. The number of carbonyl (C=O) groups is 3. The Labute approximate surface area is 175 Å². The van der Waals surface area contributed by atoms with Crippen LogP contribution in [-0.4, -0.2) is 29.3 Å². The van der Waals surface area contributed by atoms with Crippen LogP contribution in [0.1, 0.15) is 35.5 Å². The van der Waals surface area contributed by atoms with Crippen molar-refractivity contribution in [3.05, 3.63) is 65.4 Å². The van der Waals surface area contributed by atoms with E-state index in [0.717, 1.165) is 12.0 Å². The minimum atomic E-state index is -1.04. The fourth-order valence-corrected chi connectivity index (χ4v) is 3.30. The average molecular weight is 409 g/mol. The highest BCUT2D eigenvalue weighted by Crippen LogP contribution is 2.34. The first-order chi connectivity index (χ1) is 14.3. The number of esters is 1. The third-order valence-corrected chi connectivity index (χ3v) is 4.70. The van der Waals surface area contributed by atoms with E-state index in [9.17, 15) is 19.5 Å². The van der Waals surface area contributed by atoms with E-state index in [2.05, 4.69) is 4.74 Å². The highest BCUT2D eigenvalue weighted by atomic mass is 16.5. The van der Waals surface area contributed by atoms with Crippen molar-refractivity contribution in [3.8, 4) is 5.75 Å². The number of primary amides is 1. The molecule has 157 valence electrons. The highest BCUT2D eigenvalue weighted by Gasteiger charge is 2.26. The van der Waals surface area contributed by atoms with Crippen molar-refractivity contribution in [2.45, 2.75) is 33.2 Å². The molecule has 7 heteroatoms.